The molecule has 0 spiro atoms. The molecule has 2 amide bonds. The molecule has 1 saturated heterocycles. The quantitative estimate of drug-likeness (QED) is 0.893. The van der Waals surface area contributed by atoms with Crippen LogP contribution in [-0.4, -0.2) is 36.9 Å². The van der Waals surface area contributed by atoms with Crippen LogP contribution in [0.1, 0.15) is 25.3 Å². The Morgan fingerprint density at radius 3 is 2.56 bits per heavy atom. The SMILES string of the molecule is CCC(=O)N1CC[C@](Cc2ccc(-c3ccsc3)cc2)(C(=O)NC)C1. The van der Waals surface area contributed by atoms with Crippen LogP contribution in [0.15, 0.2) is 41.1 Å². The van der Waals surface area contributed by atoms with Crippen molar-refractivity contribution in [2.75, 3.05) is 20.1 Å². The molecule has 0 saturated carbocycles. The molecule has 0 radical (unpaired) electrons. The lowest BCUT2D eigenvalue weighted by Crippen LogP contribution is -2.44. The molecule has 2 heterocycles. The van der Waals surface area contributed by atoms with Crippen molar-refractivity contribution in [3.8, 4) is 11.1 Å². The largest absolute Gasteiger partial charge is 0.359 e. The lowest BCUT2D eigenvalue weighted by atomic mass is 9.79. The molecule has 3 rings (SSSR count). The zero-order valence-electron chi connectivity index (χ0n) is 14.7. The van der Waals surface area contributed by atoms with Crippen molar-refractivity contribution in [2.24, 2.45) is 5.41 Å². The molecule has 0 unspecified atom stereocenters. The fraction of sp³-hybridized carbons (Fsp3) is 0.400. The van der Waals surface area contributed by atoms with Crippen molar-refractivity contribution < 1.29 is 9.59 Å². The Balaban J connectivity index is 1.79. The van der Waals surface area contributed by atoms with Gasteiger partial charge in [0.05, 0.1) is 5.41 Å². The molecular formula is C20H24N2O2S. The molecule has 5 heteroatoms. The minimum absolute atomic E-state index is 0.0285. The molecule has 1 aromatic heterocycles. The van der Waals surface area contributed by atoms with E-state index in [2.05, 4.69) is 46.4 Å². The van der Waals surface area contributed by atoms with Gasteiger partial charge in [-0.25, -0.2) is 0 Å². The van der Waals surface area contributed by atoms with Gasteiger partial charge in [0.2, 0.25) is 11.8 Å². The number of hydrogen-bond donors (Lipinski definition) is 1. The lowest BCUT2D eigenvalue weighted by molar-refractivity contribution is -0.132. The van der Waals surface area contributed by atoms with Crippen molar-refractivity contribution in [2.45, 2.75) is 26.2 Å². The van der Waals surface area contributed by atoms with Crippen LogP contribution in [0.4, 0.5) is 0 Å². The van der Waals surface area contributed by atoms with Gasteiger partial charge in [-0.15, -0.1) is 0 Å². The van der Waals surface area contributed by atoms with Crippen LogP contribution in [0, 0.1) is 5.41 Å². The second-order valence-corrected chi connectivity index (χ2v) is 7.44. The second-order valence-electron chi connectivity index (χ2n) is 6.66. The fourth-order valence-electron chi connectivity index (χ4n) is 3.62. The van der Waals surface area contributed by atoms with E-state index in [0.29, 0.717) is 32.4 Å². The molecule has 25 heavy (non-hydrogen) atoms. The van der Waals surface area contributed by atoms with E-state index in [1.165, 1.54) is 11.1 Å². The summed E-state index contributed by atoms with van der Waals surface area (Å²) in [6.07, 6.45) is 1.86. The molecule has 0 bridgehead atoms. The summed E-state index contributed by atoms with van der Waals surface area (Å²) in [6, 6.07) is 10.5. The Kier molecular flexibility index (Phi) is 5.23. The average molecular weight is 356 g/mol. The highest BCUT2D eigenvalue weighted by Gasteiger charge is 2.45. The van der Waals surface area contributed by atoms with E-state index in [4.69, 9.17) is 0 Å². The first-order chi connectivity index (χ1) is 12.1. The van der Waals surface area contributed by atoms with E-state index in [0.717, 1.165) is 5.56 Å². The highest BCUT2D eigenvalue weighted by molar-refractivity contribution is 7.08. The Morgan fingerprint density at radius 1 is 1.20 bits per heavy atom. The third-order valence-electron chi connectivity index (χ3n) is 5.07. The van der Waals surface area contributed by atoms with Crippen molar-refractivity contribution in [3.05, 3.63) is 46.7 Å². The van der Waals surface area contributed by atoms with Crippen LogP contribution in [0.3, 0.4) is 0 Å². The van der Waals surface area contributed by atoms with Crippen LogP contribution >= 0.6 is 11.3 Å². The summed E-state index contributed by atoms with van der Waals surface area (Å²) in [6.45, 7) is 3.03. The first-order valence-corrected chi connectivity index (χ1v) is 9.64. The number of nitrogens with one attached hydrogen (secondary N) is 1. The molecule has 1 aliphatic heterocycles. The molecule has 1 fully saturated rings. The van der Waals surface area contributed by atoms with Gasteiger partial charge in [0.15, 0.2) is 0 Å². The first-order valence-electron chi connectivity index (χ1n) is 8.69. The number of hydrogen-bond acceptors (Lipinski definition) is 3. The number of nitrogens with zero attached hydrogens (tertiary/aromatic N) is 1. The van der Waals surface area contributed by atoms with Crippen LogP contribution < -0.4 is 5.32 Å². The van der Waals surface area contributed by atoms with Crippen LogP contribution in [0.25, 0.3) is 11.1 Å². The summed E-state index contributed by atoms with van der Waals surface area (Å²) < 4.78 is 0. The molecular weight excluding hydrogens is 332 g/mol. The maximum Gasteiger partial charge on any atom is 0.228 e. The minimum Gasteiger partial charge on any atom is -0.359 e. The molecule has 0 aliphatic carbocycles. The number of carbonyl (C=O) groups is 2. The van der Waals surface area contributed by atoms with Crippen molar-refractivity contribution >= 4 is 23.2 Å². The van der Waals surface area contributed by atoms with Crippen LogP contribution in [-0.2, 0) is 16.0 Å². The summed E-state index contributed by atoms with van der Waals surface area (Å²) in [5.74, 6) is 0.152. The predicted molar refractivity (Wildman–Crippen MR) is 101 cm³/mol. The Bertz CT molecular complexity index is 740. The monoisotopic (exact) mass is 356 g/mol. The summed E-state index contributed by atoms with van der Waals surface area (Å²) in [7, 11) is 1.67. The number of thiophene rings is 1. The van der Waals surface area contributed by atoms with Gasteiger partial charge < -0.3 is 10.2 Å². The number of likely N-dealkylation sites (tertiary alicyclic amines) is 1. The standard InChI is InChI=1S/C20H24N2O2S/c1-3-18(23)22-10-9-20(14-22,19(24)21-2)12-15-4-6-16(7-5-15)17-8-11-25-13-17/h4-8,11,13H,3,9-10,12,14H2,1-2H3,(H,21,24)/t20-/m1/s1. The van der Waals surface area contributed by atoms with Gasteiger partial charge in [-0.1, -0.05) is 31.2 Å². The number of benzene rings is 1. The van der Waals surface area contributed by atoms with Gasteiger partial charge in [-0.3, -0.25) is 9.59 Å². The third kappa shape index (κ3) is 3.61. The van der Waals surface area contributed by atoms with Crippen molar-refractivity contribution in [1.29, 1.82) is 0 Å². The summed E-state index contributed by atoms with van der Waals surface area (Å²) >= 11 is 1.69. The van der Waals surface area contributed by atoms with E-state index in [1.807, 2.05) is 11.8 Å². The topological polar surface area (TPSA) is 49.4 Å². The van der Waals surface area contributed by atoms with Gasteiger partial charge in [0.1, 0.15) is 0 Å². The van der Waals surface area contributed by atoms with E-state index in [-0.39, 0.29) is 11.8 Å². The van der Waals surface area contributed by atoms with Gasteiger partial charge in [0, 0.05) is 26.6 Å². The maximum absolute atomic E-state index is 12.6. The van der Waals surface area contributed by atoms with Crippen molar-refractivity contribution in [3.63, 3.8) is 0 Å². The zero-order valence-corrected chi connectivity index (χ0v) is 15.6. The zero-order chi connectivity index (χ0) is 17.9. The molecule has 132 valence electrons. The Hall–Kier alpha value is -2.14. The van der Waals surface area contributed by atoms with E-state index < -0.39 is 5.41 Å². The summed E-state index contributed by atoms with van der Waals surface area (Å²) in [4.78, 5) is 26.5. The lowest BCUT2D eigenvalue weighted by Gasteiger charge is -2.27. The smallest absolute Gasteiger partial charge is 0.228 e. The van der Waals surface area contributed by atoms with E-state index >= 15 is 0 Å². The molecule has 1 atom stereocenters. The minimum atomic E-state index is -0.524. The maximum atomic E-state index is 12.6. The highest BCUT2D eigenvalue weighted by atomic mass is 32.1. The molecule has 2 aromatic rings. The second kappa shape index (κ2) is 7.40. The van der Waals surface area contributed by atoms with E-state index in [9.17, 15) is 9.59 Å². The van der Waals surface area contributed by atoms with Gasteiger partial charge in [-0.2, -0.15) is 11.3 Å². The molecule has 1 aliphatic rings. The highest BCUT2D eigenvalue weighted by Crippen LogP contribution is 2.35. The number of carbonyl (C=O) groups excluding carboxylic acids is 2. The summed E-state index contributed by atoms with van der Waals surface area (Å²) in [5, 5.41) is 7.01. The van der Waals surface area contributed by atoms with Gasteiger partial charge >= 0.3 is 0 Å². The molecule has 1 aromatic carbocycles. The van der Waals surface area contributed by atoms with E-state index in [1.54, 1.807) is 18.4 Å². The normalized spacial score (nSPS) is 19.8. The predicted octanol–water partition coefficient (Wildman–Crippen LogP) is 3.33. The number of amides is 2. The average Bonchev–Trinajstić information content (AvgIpc) is 3.32. The van der Waals surface area contributed by atoms with Gasteiger partial charge in [-0.05, 0) is 46.4 Å². The summed E-state index contributed by atoms with van der Waals surface area (Å²) in [5.41, 5.74) is 3.02. The molecule has 1 N–H and O–H groups in total. The van der Waals surface area contributed by atoms with Gasteiger partial charge in [0.25, 0.3) is 0 Å². The van der Waals surface area contributed by atoms with Crippen molar-refractivity contribution in [1.82, 2.24) is 10.2 Å². The Morgan fingerprint density at radius 2 is 1.96 bits per heavy atom. The fourth-order valence-corrected chi connectivity index (χ4v) is 4.28. The van der Waals surface area contributed by atoms with Crippen LogP contribution in [0.5, 0.6) is 0 Å². The van der Waals surface area contributed by atoms with Crippen LogP contribution in [0.2, 0.25) is 0 Å². The Labute approximate surface area is 152 Å². The molecule has 4 nitrogen and oxygen atoms in total. The first kappa shape index (κ1) is 17.7. The third-order valence-corrected chi connectivity index (χ3v) is 5.75. The number of rotatable bonds is 5.